The van der Waals surface area contributed by atoms with Crippen LogP contribution in [0.25, 0.3) is 0 Å². The summed E-state index contributed by atoms with van der Waals surface area (Å²) in [6.07, 6.45) is 3.15. The Bertz CT molecular complexity index is 332. The highest BCUT2D eigenvalue weighted by molar-refractivity contribution is 4.95. The molecule has 16 heavy (non-hydrogen) atoms. The van der Waals surface area contributed by atoms with Crippen LogP contribution in [0.1, 0.15) is 44.4 Å². The number of nitrogens with zero attached hydrogens (tertiary/aromatic N) is 2. The summed E-state index contributed by atoms with van der Waals surface area (Å²) in [4.78, 5) is 4.31. The van der Waals surface area contributed by atoms with Crippen molar-refractivity contribution in [3.8, 4) is 0 Å². The van der Waals surface area contributed by atoms with Gasteiger partial charge in [0.2, 0.25) is 5.89 Å². The number of aromatic nitrogens is 2. The van der Waals surface area contributed by atoms with E-state index in [2.05, 4.69) is 10.1 Å². The molecule has 2 unspecified atom stereocenters. The summed E-state index contributed by atoms with van der Waals surface area (Å²) in [6, 6.07) is -0.151. The van der Waals surface area contributed by atoms with Crippen molar-refractivity contribution in [3.05, 3.63) is 11.7 Å². The van der Waals surface area contributed by atoms with Crippen LogP contribution >= 0.6 is 0 Å². The van der Waals surface area contributed by atoms with Crippen molar-refractivity contribution in [2.24, 2.45) is 11.7 Å². The molecule has 1 fully saturated rings. The molecule has 1 saturated heterocycles. The van der Waals surface area contributed by atoms with Gasteiger partial charge < -0.3 is 15.0 Å². The lowest BCUT2D eigenvalue weighted by Crippen LogP contribution is -2.18. The van der Waals surface area contributed by atoms with Crippen LogP contribution in [-0.4, -0.2) is 22.9 Å². The molecule has 0 spiro atoms. The van der Waals surface area contributed by atoms with Gasteiger partial charge in [0.05, 0.1) is 18.6 Å². The van der Waals surface area contributed by atoms with E-state index < -0.39 is 0 Å². The molecule has 2 N–H and O–H groups in total. The minimum absolute atomic E-state index is 0.151. The van der Waals surface area contributed by atoms with Gasteiger partial charge in [0.15, 0.2) is 5.82 Å². The van der Waals surface area contributed by atoms with E-state index in [1.54, 1.807) is 0 Å². The van der Waals surface area contributed by atoms with Crippen LogP contribution in [0.2, 0.25) is 0 Å². The molecule has 90 valence electrons. The van der Waals surface area contributed by atoms with Crippen LogP contribution in [0.15, 0.2) is 4.52 Å². The van der Waals surface area contributed by atoms with E-state index >= 15 is 0 Å². The number of nitrogens with two attached hydrogens (primary N) is 1. The van der Waals surface area contributed by atoms with Gasteiger partial charge in [-0.2, -0.15) is 4.98 Å². The monoisotopic (exact) mass is 225 g/mol. The van der Waals surface area contributed by atoms with Crippen LogP contribution in [0.5, 0.6) is 0 Å². The molecule has 0 aliphatic carbocycles. The average molecular weight is 225 g/mol. The third-order valence-electron chi connectivity index (χ3n) is 2.93. The maximum atomic E-state index is 5.94. The van der Waals surface area contributed by atoms with Crippen molar-refractivity contribution in [1.82, 2.24) is 10.1 Å². The van der Waals surface area contributed by atoms with E-state index in [0.29, 0.717) is 24.1 Å². The molecular formula is C11H19N3O2. The van der Waals surface area contributed by atoms with Crippen molar-refractivity contribution in [3.63, 3.8) is 0 Å². The Morgan fingerprint density at radius 3 is 2.94 bits per heavy atom. The van der Waals surface area contributed by atoms with E-state index in [1.807, 2.05) is 13.8 Å². The zero-order chi connectivity index (χ0) is 11.5. The van der Waals surface area contributed by atoms with Gasteiger partial charge in [0, 0.05) is 6.61 Å². The van der Waals surface area contributed by atoms with Crippen LogP contribution in [0.3, 0.4) is 0 Å². The van der Waals surface area contributed by atoms with Crippen molar-refractivity contribution in [1.29, 1.82) is 0 Å². The van der Waals surface area contributed by atoms with Gasteiger partial charge in [-0.25, -0.2) is 0 Å². The molecule has 0 bridgehead atoms. The summed E-state index contributed by atoms with van der Waals surface area (Å²) in [7, 11) is 0. The number of hydrogen-bond donors (Lipinski definition) is 1. The molecule has 1 aromatic rings. The van der Waals surface area contributed by atoms with Crippen molar-refractivity contribution in [2.75, 3.05) is 6.61 Å². The summed E-state index contributed by atoms with van der Waals surface area (Å²) in [5, 5.41) is 3.91. The molecule has 0 aromatic carbocycles. The lowest BCUT2D eigenvalue weighted by Gasteiger charge is -2.09. The Labute approximate surface area is 95.3 Å². The molecule has 2 rings (SSSR count). The van der Waals surface area contributed by atoms with Crippen molar-refractivity contribution in [2.45, 2.75) is 45.3 Å². The Kier molecular flexibility index (Phi) is 3.56. The summed E-state index contributed by atoms with van der Waals surface area (Å²) >= 11 is 0. The maximum Gasteiger partial charge on any atom is 0.229 e. The van der Waals surface area contributed by atoms with Crippen molar-refractivity contribution < 1.29 is 9.26 Å². The molecule has 0 saturated carbocycles. The predicted octanol–water partition coefficient (Wildman–Crippen LogP) is 1.45. The summed E-state index contributed by atoms with van der Waals surface area (Å²) < 4.78 is 10.7. The van der Waals surface area contributed by atoms with Gasteiger partial charge in [-0.15, -0.1) is 0 Å². The summed E-state index contributed by atoms with van der Waals surface area (Å²) in [5.74, 6) is 1.55. The topological polar surface area (TPSA) is 74.2 Å². The Morgan fingerprint density at radius 1 is 1.50 bits per heavy atom. The summed E-state index contributed by atoms with van der Waals surface area (Å²) in [5.41, 5.74) is 5.94. The van der Waals surface area contributed by atoms with Gasteiger partial charge in [-0.05, 0) is 18.8 Å². The van der Waals surface area contributed by atoms with Crippen LogP contribution in [0.4, 0.5) is 0 Å². The molecule has 2 atom stereocenters. The standard InChI is InChI=1S/C11H19N3O2/c1-7(2)10(12)11-13-9(16-14-11)6-8-4-3-5-15-8/h7-8,10H,3-6,12H2,1-2H3. The third-order valence-corrected chi connectivity index (χ3v) is 2.93. The van der Waals surface area contributed by atoms with Crippen LogP contribution in [0, 0.1) is 5.92 Å². The smallest absolute Gasteiger partial charge is 0.229 e. The molecule has 1 aromatic heterocycles. The molecule has 0 amide bonds. The predicted molar refractivity (Wildman–Crippen MR) is 58.7 cm³/mol. The first-order valence-corrected chi connectivity index (χ1v) is 5.86. The number of rotatable bonds is 4. The largest absolute Gasteiger partial charge is 0.378 e. The summed E-state index contributed by atoms with van der Waals surface area (Å²) in [6.45, 7) is 4.93. The molecule has 1 aliphatic rings. The molecule has 5 heteroatoms. The Morgan fingerprint density at radius 2 is 2.31 bits per heavy atom. The quantitative estimate of drug-likeness (QED) is 0.839. The highest BCUT2D eigenvalue weighted by Gasteiger charge is 2.21. The lowest BCUT2D eigenvalue weighted by atomic mass is 10.1. The maximum absolute atomic E-state index is 5.94. The first-order chi connectivity index (χ1) is 7.66. The Balaban J connectivity index is 1.96. The fourth-order valence-corrected chi connectivity index (χ4v) is 1.78. The normalized spacial score (nSPS) is 22.9. The molecule has 2 heterocycles. The second-order valence-electron chi connectivity index (χ2n) is 4.66. The highest BCUT2D eigenvalue weighted by atomic mass is 16.5. The van der Waals surface area contributed by atoms with Crippen LogP contribution in [-0.2, 0) is 11.2 Å². The van der Waals surface area contributed by atoms with Gasteiger partial charge in [-0.1, -0.05) is 19.0 Å². The zero-order valence-corrected chi connectivity index (χ0v) is 9.85. The fourth-order valence-electron chi connectivity index (χ4n) is 1.78. The first kappa shape index (κ1) is 11.5. The van der Waals surface area contributed by atoms with E-state index in [4.69, 9.17) is 15.0 Å². The van der Waals surface area contributed by atoms with E-state index in [0.717, 1.165) is 19.4 Å². The fraction of sp³-hybridized carbons (Fsp3) is 0.818. The average Bonchev–Trinajstić information content (AvgIpc) is 2.88. The molecule has 1 aliphatic heterocycles. The minimum Gasteiger partial charge on any atom is -0.378 e. The molecule has 5 nitrogen and oxygen atoms in total. The Hall–Kier alpha value is -0.940. The zero-order valence-electron chi connectivity index (χ0n) is 9.85. The van der Waals surface area contributed by atoms with Gasteiger partial charge >= 0.3 is 0 Å². The van der Waals surface area contributed by atoms with Crippen LogP contribution < -0.4 is 5.73 Å². The van der Waals surface area contributed by atoms with Crippen molar-refractivity contribution >= 4 is 0 Å². The van der Waals surface area contributed by atoms with Gasteiger partial charge in [0.1, 0.15) is 0 Å². The second kappa shape index (κ2) is 4.93. The van der Waals surface area contributed by atoms with E-state index in [-0.39, 0.29) is 12.1 Å². The lowest BCUT2D eigenvalue weighted by molar-refractivity contribution is 0.104. The molecular weight excluding hydrogens is 206 g/mol. The van der Waals surface area contributed by atoms with Gasteiger partial charge in [-0.3, -0.25) is 0 Å². The second-order valence-corrected chi connectivity index (χ2v) is 4.66. The molecule has 0 radical (unpaired) electrons. The third kappa shape index (κ3) is 2.59. The highest BCUT2D eigenvalue weighted by Crippen LogP contribution is 2.19. The number of hydrogen-bond acceptors (Lipinski definition) is 5. The van der Waals surface area contributed by atoms with Gasteiger partial charge in [0.25, 0.3) is 0 Å². The first-order valence-electron chi connectivity index (χ1n) is 5.86. The number of ether oxygens (including phenoxy) is 1. The SMILES string of the molecule is CC(C)C(N)c1noc(CC2CCCO2)n1. The minimum atomic E-state index is -0.151. The van der Waals surface area contributed by atoms with E-state index in [1.165, 1.54) is 0 Å². The van der Waals surface area contributed by atoms with E-state index in [9.17, 15) is 0 Å².